The van der Waals surface area contributed by atoms with E-state index in [0.717, 1.165) is 41.0 Å². The van der Waals surface area contributed by atoms with E-state index in [2.05, 4.69) is 10.2 Å². The number of carbonyl (C=O) groups is 1. The van der Waals surface area contributed by atoms with Gasteiger partial charge in [-0.05, 0) is 61.8 Å². The third-order valence-corrected chi connectivity index (χ3v) is 8.15. The van der Waals surface area contributed by atoms with E-state index in [1.807, 2.05) is 59.0 Å². The topological polar surface area (TPSA) is 90.5 Å². The summed E-state index contributed by atoms with van der Waals surface area (Å²) in [6.07, 6.45) is 5.56. The number of allylic oxidation sites excluding steroid dienone is 1. The predicted molar refractivity (Wildman–Crippen MR) is 152 cm³/mol. The van der Waals surface area contributed by atoms with Crippen LogP contribution >= 0.6 is 11.3 Å². The highest BCUT2D eigenvalue weighted by molar-refractivity contribution is 7.24. The van der Waals surface area contributed by atoms with Gasteiger partial charge in [-0.25, -0.2) is 4.98 Å². The molecule has 0 bridgehead atoms. The molecule has 1 saturated heterocycles. The molecule has 0 aliphatic carbocycles. The minimum absolute atomic E-state index is 0.159. The Hall–Kier alpha value is -4.32. The molecule has 1 aliphatic heterocycles. The Morgan fingerprint density at radius 3 is 2.71 bits per heavy atom. The van der Waals surface area contributed by atoms with Crippen LogP contribution in [0, 0.1) is 11.3 Å². The van der Waals surface area contributed by atoms with Gasteiger partial charge in [0.15, 0.2) is 0 Å². The molecule has 0 atom stereocenters. The number of benzene rings is 2. The number of carbonyl (C=O) groups excluding carboxylic acids is 1. The van der Waals surface area contributed by atoms with Crippen LogP contribution in [-0.2, 0) is 0 Å². The van der Waals surface area contributed by atoms with E-state index in [1.165, 1.54) is 30.3 Å². The van der Waals surface area contributed by atoms with Crippen molar-refractivity contribution in [3.8, 4) is 17.3 Å². The van der Waals surface area contributed by atoms with Gasteiger partial charge in [-0.2, -0.15) is 5.26 Å². The monoisotopic (exact) mass is 519 g/mol. The van der Waals surface area contributed by atoms with Crippen molar-refractivity contribution >= 4 is 49.4 Å². The Balaban J connectivity index is 1.52. The summed E-state index contributed by atoms with van der Waals surface area (Å²) in [5, 5.41) is 12.4. The first-order valence-electron chi connectivity index (χ1n) is 12.7. The normalized spacial score (nSPS) is 14.1. The fraction of sp³-hybridized carbons (Fsp3) is 0.200. The molecule has 0 radical (unpaired) electrons. The lowest BCUT2D eigenvalue weighted by Gasteiger charge is -2.15. The van der Waals surface area contributed by atoms with Crippen LogP contribution in [0.4, 0.5) is 0 Å². The quantitative estimate of drug-likeness (QED) is 0.316. The van der Waals surface area contributed by atoms with Gasteiger partial charge < -0.3 is 10.2 Å². The zero-order chi connectivity index (χ0) is 26.1. The molecular weight excluding hydrogens is 494 g/mol. The second-order valence-electron chi connectivity index (χ2n) is 9.34. The van der Waals surface area contributed by atoms with Gasteiger partial charge in [-0.15, -0.1) is 11.3 Å². The number of amides is 1. The molecule has 0 unspecified atom stereocenters. The summed E-state index contributed by atoms with van der Waals surface area (Å²) in [6, 6.07) is 21.2. The Kier molecular flexibility index (Phi) is 6.46. The molecule has 2 aromatic carbocycles. The van der Waals surface area contributed by atoms with Crippen LogP contribution in [-0.4, -0.2) is 46.4 Å². The number of rotatable bonds is 6. The number of aromatic nitrogens is 2. The molecule has 1 amide bonds. The highest BCUT2D eigenvalue weighted by Crippen LogP contribution is 2.32. The molecule has 7 nitrogen and oxygen atoms in total. The largest absolute Gasteiger partial charge is 0.351 e. The van der Waals surface area contributed by atoms with E-state index in [1.54, 1.807) is 18.2 Å². The van der Waals surface area contributed by atoms with Gasteiger partial charge in [0.05, 0.1) is 27.4 Å². The van der Waals surface area contributed by atoms with Crippen molar-refractivity contribution in [1.82, 2.24) is 19.6 Å². The number of hydrogen-bond acceptors (Lipinski definition) is 6. The number of thiazole rings is 1. The lowest BCUT2D eigenvalue weighted by molar-refractivity contribution is 0.0950. The van der Waals surface area contributed by atoms with Gasteiger partial charge in [0, 0.05) is 24.7 Å². The molecule has 1 aliphatic rings. The SMILES string of the molecule is N#CC=Cc1ccccc1-c1ccc2c(=O)c(C(=O)NCCN3CCCC3)c3sc4ccccc4n3c2n1. The number of fused-ring (bicyclic) bond motifs is 5. The summed E-state index contributed by atoms with van der Waals surface area (Å²) < 4.78 is 2.90. The van der Waals surface area contributed by atoms with E-state index in [-0.39, 0.29) is 16.9 Å². The number of nitrogens with one attached hydrogen (secondary N) is 1. The van der Waals surface area contributed by atoms with E-state index in [9.17, 15) is 9.59 Å². The third kappa shape index (κ3) is 4.26. The molecular formula is C30H25N5O2S. The van der Waals surface area contributed by atoms with Crippen molar-refractivity contribution < 1.29 is 4.79 Å². The number of pyridine rings is 2. The van der Waals surface area contributed by atoms with Crippen LogP contribution in [0.25, 0.3) is 43.4 Å². The number of hydrogen-bond donors (Lipinski definition) is 1. The lowest BCUT2D eigenvalue weighted by atomic mass is 10.0. The predicted octanol–water partition coefficient (Wildman–Crippen LogP) is 5.09. The maximum Gasteiger partial charge on any atom is 0.258 e. The Morgan fingerprint density at radius 2 is 1.87 bits per heavy atom. The molecule has 1 N–H and O–H groups in total. The van der Waals surface area contributed by atoms with Gasteiger partial charge in [-0.1, -0.05) is 36.4 Å². The molecule has 1 fully saturated rings. The molecule has 8 heteroatoms. The average molecular weight is 520 g/mol. The number of likely N-dealkylation sites (tertiary alicyclic amines) is 1. The van der Waals surface area contributed by atoms with E-state index < -0.39 is 0 Å². The molecule has 5 aromatic rings. The highest BCUT2D eigenvalue weighted by Gasteiger charge is 2.23. The fourth-order valence-electron chi connectivity index (χ4n) is 5.16. The van der Waals surface area contributed by atoms with Crippen molar-refractivity contribution in [2.24, 2.45) is 0 Å². The Morgan fingerprint density at radius 1 is 1.08 bits per heavy atom. The zero-order valence-corrected chi connectivity index (χ0v) is 21.5. The summed E-state index contributed by atoms with van der Waals surface area (Å²) in [6.45, 7) is 3.38. The highest BCUT2D eigenvalue weighted by atomic mass is 32.1. The van der Waals surface area contributed by atoms with Crippen LogP contribution in [0.5, 0.6) is 0 Å². The molecule has 38 heavy (non-hydrogen) atoms. The number of para-hydroxylation sites is 1. The lowest BCUT2D eigenvalue weighted by Crippen LogP contribution is -2.35. The van der Waals surface area contributed by atoms with Crippen molar-refractivity contribution in [2.75, 3.05) is 26.2 Å². The molecule has 0 spiro atoms. The fourth-order valence-corrected chi connectivity index (χ4v) is 6.35. The van der Waals surface area contributed by atoms with Gasteiger partial charge in [-0.3, -0.25) is 14.0 Å². The van der Waals surface area contributed by atoms with Crippen LogP contribution in [0.2, 0.25) is 0 Å². The standard InChI is InChI=1S/C30H25N5O2S/c31-15-7-9-20-8-1-2-10-21(20)23-14-13-22-27(36)26(29(37)32-16-19-34-17-5-6-18-34)30-35(28(22)33-23)24-11-3-4-12-25(24)38-30/h1-4,7-14H,5-6,16-19H2,(H,32,37). The van der Waals surface area contributed by atoms with Crippen LogP contribution in [0.3, 0.4) is 0 Å². The Labute approximate surface area is 223 Å². The van der Waals surface area contributed by atoms with Crippen molar-refractivity contribution in [3.63, 3.8) is 0 Å². The summed E-state index contributed by atoms with van der Waals surface area (Å²) in [5.74, 6) is -0.351. The summed E-state index contributed by atoms with van der Waals surface area (Å²) >= 11 is 1.42. The minimum atomic E-state index is -0.351. The molecule has 3 aromatic heterocycles. The van der Waals surface area contributed by atoms with Gasteiger partial charge in [0.2, 0.25) is 5.43 Å². The molecule has 4 heterocycles. The van der Waals surface area contributed by atoms with Gasteiger partial charge in [0.1, 0.15) is 16.0 Å². The second-order valence-corrected chi connectivity index (χ2v) is 10.4. The van der Waals surface area contributed by atoms with E-state index >= 15 is 0 Å². The first-order chi connectivity index (χ1) is 18.7. The van der Waals surface area contributed by atoms with Crippen molar-refractivity contribution in [2.45, 2.75) is 12.8 Å². The number of nitriles is 1. The van der Waals surface area contributed by atoms with Gasteiger partial charge >= 0.3 is 0 Å². The van der Waals surface area contributed by atoms with Crippen molar-refractivity contribution in [1.29, 1.82) is 5.26 Å². The molecule has 188 valence electrons. The summed E-state index contributed by atoms with van der Waals surface area (Å²) in [5.41, 5.74) is 3.63. The van der Waals surface area contributed by atoms with Crippen LogP contribution < -0.4 is 10.7 Å². The first-order valence-corrected chi connectivity index (χ1v) is 13.5. The minimum Gasteiger partial charge on any atom is -0.351 e. The van der Waals surface area contributed by atoms with Crippen LogP contribution in [0.15, 0.2) is 71.5 Å². The average Bonchev–Trinajstić information content (AvgIpc) is 3.60. The molecule has 6 rings (SSSR count). The molecule has 0 saturated carbocycles. The maximum atomic E-state index is 13.8. The third-order valence-electron chi connectivity index (χ3n) is 7.00. The zero-order valence-electron chi connectivity index (χ0n) is 20.7. The van der Waals surface area contributed by atoms with E-state index in [4.69, 9.17) is 10.2 Å². The van der Waals surface area contributed by atoms with Crippen molar-refractivity contribution in [3.05, 3.63) is 88.1 Å². The maximum absolute atomic E-state index is 13.8. The summed E-state index contributed by atoms with van der Waals surface area (Å²) in [7, 11) is 0. The second kappa shape index (κ2) is 10.2. The Bertz CT molecular complexity index is 1820. The van der Waals surface area contributed by atoms with Crippen LogP contribution in [0.1, 0.15) is 28.8 Å². The smallest absolute Gasteiger partial charge is 0.258 e. The number of nitrogens with zero attached hydrogens (tertiary/aromatic N) is 4. The first kappa shape index (κ1) is 24.0. The van der Waals surface area contributed by atoms with Gasteiger partial charge in [0.25, 0.3) is 5.91 Å². The summed E-state index contributed by atoms with van der Waals surface area (Å²) in [4.78, 5) is 35.1. The van der Waals surface area contributed by atoms with E-state index in [0.29, 0.717) is 28.1 Å².